The van der Waals surface area contributed by atoms with Crippen molar-refractivity contribution in [2.45, 2.75) is 20.3 Å². The van der Waals surface area contributed by atoms with Crippen molar-refractivity contribution in [1.82, 2.24) is 14.8 Å². The van der Waals surface area contributed by atoms with E-state index in [0.717, 1.165) is 30.0 Å². The van der Waals surface area contributed by atoms with Crippen LogP contribution in [0.4, 0.5) is 5.69 Å². The molecular formula is C12H16N4. The first kappa shape index (κ1) is 10.7. The Morgan fingerprint density at radius 1 is 1.44 bits per heavy atom. The molecule has 0 aliphatic rings. The van der Waals surface area contributed by atoms with Gasteiger partial charge in [-0.15, -0.1) is 0 Å². The molecule has 0 spiro atoms. The Kier molecular flexibility index (Phi) is 3.19. The van der Waals surface area contributed by atoms with E-state index in [9.17, 15) is 0 Å². The third-order valence-corrected chi connectivity index (χ3v) is 2.37. The Balaban J connectivity index is 2.24. The van der Waals surface area contributed by atoms with Gasteiger partial charge in [0.15, 0.2) is 0 Å². The molecule has 16 heavy (non-hydrogen) atoms. The molecule has 0 saturated heterocycles. The zero-order valence-electron chi connectivity index (χ0n) is 9.64. The predicted molar refractivity (Wildman–Crippen MR) is 64.9 cm³/mol. The van der Waals surface area contributed by atoms with Crippen molar-refractivity contribution in [1.29, 1.82) is 0 Å². The summed E-state index contributed by atoms with van der Waals surface area (Å²) in [5.41, 5.74) is 3.08. The normalized spacial score (nSPS) is 10.4. The molecule has 0 fully saturated rings. The quantitative estimate of drug-likeness (QED) is 0.853. The minimum absolute atomic E-state index is 0.972. The van der Waals surface area contributed by atoms with E-state index >= 15 is 0 Å². The minimum Gasteiger partial charge on any atom is -0.382 e. The Hall–Kier alpha value is -1.84. The maximum atomic E-state index is 4.45. The fourth-order valence-electron chi connectivity index (χ4n) is 1.51. The van der Waals surface area contributed by atoms with E-state index in [2.05, 4.69) is 22.3 Å². The summed E-state index contributed by atoms with van der Waals surface area (Å²) >= 11 is 0. The van der Waals surface area contributed by atoms with Gasteiger partial charge in [-0.25, -0.2) is 4.68 Å². The van der Waals surface area contributed by atoms with E-state index in [0.29, 0.717) is 0 Å². The molecule has 4 heteroatoms. The molecule has 0 aliphatic heterocycles. The minimum atomic E-state index is 0.972. The van der Waals surface area contributed by atoms with Gasteiger partial charge in [-0.2, -0.15) is 5.10 Å². The molecule has 0 aliphatic carbocycles. The number of aryl methyl sites for hydroxylation is 1. The van der Waals surface area contributed by atoms with Crippen molar-refractivity contribution in [3.05, 3.63) is 36.4 Å². The van der Waals surface area contributed by atoms with E-state index in [1.807, 2.05) is 29.9 Å². The van der Waals surface area contributed by atoms with Crippen LogP contribution in [0.25, 0.3) is 5.69 Å². The molecule has 0 bridgehead atoms. The highest BCUT2D eigenvalue weighted by Crippen LogP contribution is 2.15. The van der Waals surface area contributed by atoms with E-state index < -0.39 is 0 Å². The topological polar surface area (TPSA) is 42.7 Å². The Morgan fingerprint density at radius 3 is 3.00 bits per heavy atom. The number of anilines is 1. The van der Waals surface area contributed by atoms with Crippen molar-refractivity contribution in [2.24, 2.45) is 0 Å². The number of nitrogens with zero attached hydrogens (tertiary/aromatic N) is 3. The molecule has 2 rings (SSSR count). The number of nitrogens with one attached hydrogen (secondary N) is 1. The van der Waals surface area contributed by atoms with Gasteiger partial charge in [-0.1, -0.05) is 6.92 Å². The second-order valence-corrected chi connectivity index (χ2v) is 3.71. The smallest absolute Gasteiger partial charge is 0.0829 e. The summed E-state index contributed by atoms with van der Waals surface area (Å²) in [6.45, 7) is 5.12. The largest absolute Gasteiger partial charge is 0.382 e. The van der Waals surface area contributed by atoms with Crippen LogP contribution in [0.1, 0.15) is 19.0 Å². The van der Waals surface area contributed by atoms with Crippen molar-refractivity contribution in [3.63, 3.8) is 0 Å². The van der Waals surface area contributed by atoms with Crippen LogP contribution in [0.3, 0.4) is 0 Å². The highest BCUT2D eigenvalue weighted by atomic mass is 15.3. The monoisotopic (exact) mass is 216 g/mol. The van der Waals surface area contributed by atoms with Gasteiger partial charge in [0.2, 0.25) is 0 Å². The second-order valence-electron chi connectivity index (χ2n) is 3.71. The number of rotatable bonds is 4. The van der Waals surface area contributed by atoms with Crippen LogP contribution in [0.2, 0.25) is 0 Å². The van der Waals surface area contributed by atoms with Gasteiger partial charge >= 0.3 is 0 Å². The second kappa shape index (κ2) is 4.79. The fourth-order valence-corrected chi connectivity index (χ4v) is 1.51. The molecular weight excluding hydrogens is 200 g/mol. The molecule has 0 atom stereocenters. The van der Waals surface area contributed by atoms with E-state index in [1.54, 1.807) is 12.4 Å². The first-order valence-corrected chi connectivity index (χ1v) is 5.52. The Bertz CT molecular complexity index is 447. The summed E-state index contributed by atoms with van der Waals surface area (Å²) in [4.78, 5) is 4.08. The molecule has 2 heterocycles. The van der Waals surface area contributed by atoms with Crippen LogP contribution >= 0.6 is 0 Å². The van der Waals surface area contributed by atoms with Crippen LogP contribution < -0.4 is 5.32 Å². The lowest BCUT2D eigenvalue weighted by Gasteiger charge is -2.00. The van der Waals surface area contributed by atoms with Crippen molar-refractivity contribution in [3.8, 4) is 5.69 Å². The maximum Gasteiger partial charge on any atom is 0.0829 e. The van der Waals surface area contributed by atoms with Crippen LogP contribution in [-0.2, 0) is 0 Å². The van der Waals surface area contributed by atoms with Crippen molar-refractivity contribution >= 4 is 5.69 Å². The van der Waals surface area contributed by atoms with Crippen molar-refractivity contribution < 1.29 is 0 Å². The first-order chi connectivity index (χ1) is 7.81. The van der Waals surface area contributed by atoms with Crippen LogP contribution in [0.15, 0.2) is 30.7 Å². The standard InChI is InChI=1S/C12H16N4/c1-3-6-14-12-9-16(15-10(12)2)11-5-4-7-13-8-11/h4-5,7-9,14H,3,6H2,1-2H3. The number of pyridine rings is 1. The lowest BCUT2D eigenvalue weighted by Crippen LogP contribution is -1.99. The molecule has 1 N–H and O–H groups in total. The first-order valence-electron chi connectivity index (χ1n) is 5.52. The van der Waals surface area contributed by atoms with Gasteiger partial charge in [0.1, 0.15) is 0 Å². The average Bonchev–Trinajstić information content (AvgIpc) is 2.69. The van der Waals surface area contributed by atoms with Crippen LogP contribution in [0, 0.1) is 6.92 Å². The third kappa shape index (κ3) is 2.21. The summed E-state index contributed by atoms with van der Waals surface area (Å²) in [6.07, 6.45) is 6.67. The SMILES string of the molecule is CCCNc1cn(-c2cccnc2)nc1C. The molecule has 2 aromatic heterocycles. The van der Waals surface area contributed by atoms with Gasteiger partial charge in [0, 0.05) is 12.7 Å². The molecule has 0 amide bonds. The molecule has 0 radical (unpaired) electrons. The number of aromatic nitrogens is 3. The summed E-state index contributed by atoms with van der Waals surface area (Å²) in [7, 11) is 0. The molecule has 0 saturated carbocycles. The highest BCUT2D eigenvalue weighted by Gasteiger charge is 2.04. The van der Waals surface area contributed by atoms with E-state index in [1.165, 1.54) is 0 Å². The molecule has 4 nitrogen and oxygen atoms in total. The van der Waals surface area contributed by atoms with E-state index in [-0.39, 0.29) is 0 Å². The van der Waals surface area contributed by atoms with Gasteiger partial charge in [0.05, 0.1) is 29.5 Å². The zero-order chi connectivity index (χ0) is 11.4. The van der Waals surface area contributed by atoms with Crippen LogP contribution in [0.5, 0.6) is 0 Å². The maximum absolute atomic E-state index is 4.45. The molecule has 2 aromatic rings. The summed E-state index contributed by atoms with van der Waals surface area (Å²) in [6, 6.07) is 3.90. The Labute approximate surface area is 95.3 Å². The van der Waals surface area contributed by atoms with Crippen molar-refractivity contribution in [2.75, 3.05) is 11.9 Å². The Morgan fingerprint density at radius 2 is 2.31 bits per heavy atom. The third-order valence-electron chi connectivity index (χ3n) is 2.37. The van der Waals surface area contributed by atoms with Gasteiger partial charge < -0.3 is 5.32 Å². The molecule has 0 unspecified atom stereocenters. The van der Waals surface area contributed by atoms with Crippen LogP contribution in [-0.4, -0.2) is 21.3 Å². The summed E-state index contributed by atoms with van der Waals surface area (Å²) in [5, 5.41) is 7.80. The van der Waals surface area contributed by atoms with Gasteiger partial charge in [0.25, 0.3) is 0 Å². The lowest BCUT2D eigenvalue weighted by molar-refractivity contribution is 0.857. The lowest BCUT2D eigenvalue weighted by atomic mass is 10.4. The fraction of sp³-hybridized carbons (Fsp3) is 0.333. The predicted octanol–water partition coefficient (Wildman–Crippen LogP) is 2.40. The average molecular weight is 216 g/mol. The van der Waals surface area contributed by atoms with E-state index in [4.69, 9.17) is 0 Å². The summed E-state index contributed by atoms with van der Waals surface area (Å²) in [5.74, 6) is 0. The number of hydrogen-bond donors (Lipinski definition) is 1. The highest BCUT2D eigenvalue weighted by molar-refractivity contribution is 5.47. The van der Waals surface area contributed by atoms with Gasteiger partial charge in [-0.3, -0.25) is 4.98 Å². The number of hydrogen-bond acceptors (Lipinski definition) is 3. The molecule has 84 valence electrons. The molecule has 0 aromatic carbocycles. The summed E-state index contributed by atoms with van der Waals surface area (Å²) < 4.78 is 1.85. The van der Waals surface area contributed by atoms with Gasteiger partial charge in [-0.05, 0) is 25.5 Å². The zero-order valence-corrected chi connectivity index (χ0v) is 9.64.